The van der Waals surface area contributed by atoms with E-state index in [1.165, 1.54) is 33.9 Å². The van der Waals surface area contributed by atoms with Gasteiger partial charge >= 0.3 is 0 Å². The molecule has 1 unspecified atom stereocenters. The molecule has 2 atom stereocenters. The van der Waals surface area contributed by atoms with E-state index in [1.54, 1.807) is 0 Å². The number of para-hydroxylation sites is 2. The summed E-state index contributed by atoms with van der Waals surface area (Å²) in [6.45, 7) is 4.74. The van der Waals surface area contributed by atoms with Crippen LogP contribution < -0.4 is 5.32 Å². The summed E-state index contributed by atoms with van der Waals surface area (Å²) in [4.78, 5) is 0. The zero-order valence-corrected chi connectivity index (χ0v) is 14.3. The zero-order valence-electron chi connectivity index (χ0n) is 14.3. The van der Waals surface area contributed by atoms with Crippen molar-refractivity contribution in [3.63, 3.8) is 0 Å². The molecule has 1 N–H and O–H groups in total. The summed E-state index contributed by atoms with van der Waals surface area (Å²) in [7, 11) is 0. The van der Waals surface area contributed by atoms with Crippen molar-refractivity contribution >= 4 is 21.8 Å². The Balaban J connectivity index is 1.59. The molecule has 0 radical (unpaired) electrons. The molecule has 1 heterocycles. The average molecular weight is 326 g/mol. The Bertz CT molecular complexity index is 983. The first-order chi connectivity index (χ1) is 12.3. The van der Waals surface area contributed by atoms with Gasteiger partial charge in [-0.2, -0.15) is 0 Å². The number of nitrogens with zero attached hydrogens (tertiary/aromatic N) is 1. The lowest BCUT2D eigenvalue weighted by atomic mass is 10.1. The quantitative estimate of drug-likeness (QED) is 0.508. The number of allylic oxidation sites excluding steroid dienone is 3. The summed E-state index contributed by atoms with van der Waals surface area (Å²) in [6, 6.07) is 17.6. The highest BCUT2D eigenvalue weighted by atomic mass is 15.1. The third-order valence-corrected chi connectivity index (χ3v) is 5.64. The van der Waals surface area contributed by atoms with Gasteiger partial charge in [0.2, 0.25) is 0 Å². The first kappa shape index (κ1) is 14.6. The van der Waals surface area contributed by atoms with Crippen LogP contribution in [0.25, 0.3) is 21.8 Å². The Labute approximate surface area is 148 Å². The maximum atomic E-state index is 3.79. The lowest BCUT2D eigenvalue weighted by Gasteiger charge is -2.22. The van der Waals surface area contributed by atoms with Gasteiger partial charge in [0.05, 0.1) is 5.54 Å². The van der Waals surface area contributed by atoms with E-state index >= 15 is 0 Å². The highest BCUT2D eigenvalue weighted by Gasteiger charge is 2.54. The van der Waals surface area contributed by atoms with E-state index in [2.05, 4.69) is 83.2 Å². The molecule has 124 valence electrons. The molecule has 2 aliphatic carbocycles. The molecule has 1 fully saturated rings. The van der Waals surface area contributed by atoms with Gasteiger partial charge in [0.25, 0.3) is 0 Å². The topological polar surface area (TPSA) is 17.0 Å². The molecule has 0 aliphatic heterocycles. The average Bonchev–Trinajstić information content (AvgIpc) is 3.28. The fourth-order valence-electron chi connectivity index (χ4n) is 4.33. The van der Waals surface area contributed by atoms with Gasteiger partial charge in [-0.05, 0) is 31.1 Å². The molecule has 2 aliphatic rings. The van der Waals surface area contributed by atoms with E-state index in [0.717, 1.165) is 13.0 Å². The molecular formula is C23H22N2. The predicted molar refractivity (Wildman–Crippen MR) is 106 cm³/mol. The maximum absolute atomic E-state index is 3.79. The standard InChI is InChI=1S/C23H22N2/c1-2-3-14-24-18-12-13-23(16-17(23)15-18)25-21-10-6-4-8-19(21)20-9-5-7-11-22(20)25/h2,4-13,15,17,24H,1,3,14,16H2/t17-,23?/m0/s1. The molecule has 0 amide bonds. The minimum Gasteiger partial charge on any atom is -0.385 e. The van der Waals surface area contributed by atoms with Crippen molar-refractivity contribution in [3.05, 3.63) is 85.1 Å². The van der Waals surface area contributed by atoms with Crippen LogP contribution in [0.2, 0.25) is 0 Å². The lowest BCUT2D eigenvalue weighted by molar-refractivity contribution is 0.594. The minimum absolute atomic E-state index is 0.103. The molecule has 1 saturated carbocycles. The third-order valence-electron chi connectivity index (χ3n) is 5.64. The Kier molecular flexibility index (Phi) is 3.14. The second-order valence-corrected chi connectivity index (χ2v) is 7.13. The van der Waals surface area contributed by atoms with Crippen molar-refractivity contribution in [3.8, 4) is 0 Å². The molecule has 0 bridgehead atoms. The molecular weight excluding hydrogens is 304 g/mol. The van der Waals surface area contributed by atoms with Crippen molar-refractivity contribution in [1.82, 2.24) is 9.88 Å². The molecule has 0 saturated heterocycles. The number of aromatic nitrogens is 1. The molecule has 3 aromatic rings. The SMILES string of the molecule is C=CCCNC1=C[C@H]2CC2(n2c3ccccc3c3ccccc32)C=C1. The van der Waals surface area contributed by atoms with Crippen molar-refractivity contribution < 1.29 is 0 Å². The Morgan fingerprint density at radius 1 is 1.08 bits per heavy atom. The van der Waals surface area contributed by atoms with Gasteiger partial charge < -0.3 is 9.88 Å². The summed E-state index contributed by atoms with van der Waals surface area (Å²) in [5, 5.41) is 6.21. The summed E-state index contributed by atoms with van der Waals surface area (Å²) >= 11 is 0. The summed E-state index contributed by atoms with van der Waals surface area (Å²) in [5.74, 6) is 0.572. The normalized spacial score (nSPS) is 24.2. The molecule has 1 aromatic heterocycles. The van der Waals surface area contributed by atoms with Crippen molar-refractivity contribution in [1.29, 1.82) is 0 Å². The second-order valence-electron chi connectivity index (χ2n) is 7.13. The highest BCUT2D eigenvalue weighted by molar-refractivity contribution is 6.08. The molecule has 25 heavy (non-hydrogen) atoms. The fraction of sp³-hybridized carbons (Fsp3) is 0.217. The highest BCUT2D eigenvalue weighted by Crippen LogP contribution is 2.57. The van der Waals surface area contributed by atoms with Crippen LogP contribution in [-0.4, -0.2) is 11.1 Å². The molecule has 5 rings (SSSR count). The summed E-state index contributed by atoms with van der Waals surface area (Å²) in [6.07, 6.45) is 11.2. The van der Waals surface area contributed by atoms with Crippen LogP contribution in [0.1, 0.15) is 12.8 Å². The van der Waals surface area contributed by atoms with Crippen molar-refractivity contribution in [2.45, 2.75) is 18.4 Å². The van der Waals surface area contributed by atoms with E-state index in [-0.39, 0.29) is 5.54 Å². The Hall–Kier alpha value is -2.74. The number of benzene rings is 2. The van der Waals surface area contributed by atoms with E-state index in [1.807, 2.05) is 6.08 Å². The first-order valence-corrected chi connectivity index (χ1v) is 9.08. The van der Waals surface area contributed by atoms with E-state index in [0.29, 0.717) is 5.92 Å². The summed E-state index contributed by atoms with van der Waals surface area (Å²) in [5.41, 5.74) is 4.03. The first-order valence-electron chi connectivity index (χ1n) is 9.08. The van der Waals surface area contributed by atoms with Crippen molar-refractivity contribution in [2.75, 3.05) is 6.54 Å². The van der Waals surface area contributed by atoms with Crippen LogP contribution >= 0.6 is 0 Å². The van der Waals surface area contributed by atoms with Crippen LogP contribution in [0, 0.1) is 5.92 Å². The van der Waals surface area contributed by atoms with Gasteiger partial charge in [0.1, 0.15) is 0 Å². The second kappa shape index (κ2) is 5.38. The van der Waals surface area contributed by atoms with Gasteiger partial charge in [0, 0.05) is 40.0 Å². The Morgan fingerprint density at radius 3 is 2.40 bits per heavy atom. The summed E-state index contributed by atoms with van der Waals surface area (Å²) < 4.78 is 2.57. The molecule has 2 aromatic carbocycles. The number of rotatable bonds is 5. The molecule has 0 spiro atoms. The monoisotopic (exact) mass is 326 g/mol. The number of hydrogen-bond donors (Lipinski definition) is 1. The van der Waals surface area contributed by atoms with Crippen LogP contribution in [0.3, 0.4) is 0 Å². The minimum atomic E-state index is 0.103. The zero-order chi connectivity index (χ0) is 16.9. The van der Waals surface area contributed by atoms with Crippen molar-refractivity contribution in [2.24, 2.45) is 5.92 Å². The van der Waals surface area contributed by atoms with Crippen LogP contribution in [0.5, 0.6) is 0 Å². The van der Waals surface area contributed by atoms with Gasteiger partial charge in [-0.3, -0.25) is 0 Å². The molecule has 2 heteroatoms. The predicted octanol–water partition coefficient (Wildman–Crippen LogP) is 5.13. The van der Waals surface area contributed by atoms with E-state index in [4.69, 9.17) is 0 Å². The van der Waals surface area contributed by atoms with Crippen LogP contribution in [0.15, 0.2) is 85.1 Å². The Morgan fingerprint density at radius 2 is 1.76 bits per heavy atom. The van der Waals surface area contributed by atoms with Gasteiger partial charge in [-0.25, -0.2) is 0 Å². The van der Waals surface area contributed by atoms with Crippen LogP contribution in [-0.2, 0) is 5.54 Å². The van der Waals surface area contributed by atoms with E-state index in [9.17, 15) is 0 Å². The van der Waals surface area contributed by atoms with Crippen LogP contribution in [0.4, 0.5) is 0 Å². The maximum Gasteiger partial charge on any atom is 0.0708 e. The largest absolute Gasteiger partial charge is 0.385 e. The number of nitrogens with one attached hydrogen (secondary N) is 1. The third kappa shape index (κ3) is 2.10. The van der Waals surface area contributed by atoms with Gasteiger partial charge in [-0.1, -0.05) is 54.6 Å². The fourth-order valence-corrected chi connectivity index (χ4v) is 4.33. The van der Waals surface area contributed by atoms with Gasteiger partial charge in [0.15, 0.2) is 0 Å². The molecule has 2 nitrogen and oxygen atoms in total. The van der Waals surface area contributed by atoms with Gasteiger partial charge in [-0.15, -0.1) is 6.58 Å². The van der Waals surface area contributed by atoms with E-state index < -0.39 is 0 Å². The smallest absolute Gasteiger partial charge is 0.0708 e. The lowest BCUT2D eigenvalue weighted by Crippen LogP contribution is -2.21. The number of hydrogen-bond acceptors (Lipinski definition) is 1. The number of fused-ring (bicyclic) bond motifs is 4.